The third kappa shape index (κ3) is 4.09. The number of carboxylic acid groups (broad SMARTS) is 1. The molecule has 1 aromatic carbocycles. The molecule has 0 aliphatic heterocycles. The lowest BCUT2D eigenvalue weighted by Gasteiger charge is -2.33. The minimum Gasteiger partial charge on any atom is -0.504 e. The van der Waals surface area contributed by atoms with Crippen LogP contribution in [0.2, 0.25) is 0 Å². The summed E-state index contributed by atoms with van der Waals surface area (Å²) in [5.74, 6) is -4.62. The van der Waals surface area contributed by atoms with Crippen LogP contribution in [0.4, 0.5) is 0 Å². The average Bonchev–Trinajstić information content (AvgIpc) is 2.30. The van der Waals surface area contributed by atoms with Gasteiger partial charge in [0.1, 0.15) is 6.54 Å². The third-order valence-electron chi connectivity index (χ3n) is 2.93. The van der Waals surface area contributed by atoms with Gasteiger partial charge in [-0.2, -0.15) is 0 Å². The predicted molar refractivity (Wildman–Crippen MR) is 75.9 cm³/mol. The van der Waals surface area contributed by atoms with Gasteiger partial charge >= 0.3 is 5.97 Å². The number of carboxylic acids is 1. The van der Waals surface area contributed by atoms with Gasteiger partial charge in [-0.15, -0.1) is 0 Å². The average molecular weight is 314 g/mol. The molecule has 5 N–H and O–H groups in total. The second kappa shape index (κ2) is 5.82. The molecule has 0 saturated carbocycles. The molecule has 0 aromatic heterocycles. The minimum atomic E-state index is -2.22. The van der Waals surface area contributed by atoms with Crippen molar-refractivity contribution in [2.24, 2.45) is 0 Å². The van der Waals surface area contributed by atoms with Crippen LogP contribution in [0.5, 0.6) is 17.2 Å². The molecule has 0 saturated heterocycles. The number of aliphatic carboxylic acids is 1. The number of aromatic hydroxyl groups is 3. The fraction of sp³-hybridized carbons (Fsp3) is 0.429. The largest absolute Gasteiger partial charge is 0.504 e. The maximum absolute atomic E-state index is 12.5. The number of carbonyl (C=O) groups is 2. The van der Waals surface area contributed by atoms with Crippen molar-refractivity contribution >= 4 is 11.8 Å². The molecule has 122 valence electrons. The zero-order valence-electron chi connectivity index (χ0n) is 12.6. The summed E-state index contributed by atoms with van der Waals surface area (Å²) in [6.45, 7) is -0.194. The van der Waals surface area contributed by atoms with Gasteiger partial charge in [0.2, 0.25) is 5.78 Å². The molecule has 0 radical (unpaired) electrons. The van der Waals surface area contributed by atoms with Gasteiger partial charge in [0.25, 0.3) is 0 Å². The van der Waals surface area contributed by atoms with Crippen LogP contribution < -0.4 is 0 Å². The minimum absolute atomic E-state index is 0.117. The van der Waals surface area contributed by atoms with E-state index in [0.717, 1.165) is 12.1 Å². The standard InChI is InChI=1S/C14H19NO7/c1-15(2,3)7-14(22,6-11(18)19)13(21)8-4-9(16)12(20)10(17)5-8/h4-5,22H,6-7H2,1-3H3,(H3-,16,17,18,19,20,21)/p+1. The van der Waals surface area contributed by atoms with Gasteiger partial charge < -0.3 is 30.0 Å². The number of phenolic OH excluding ortho intramolecular Hbond substituents is 3. The number of quaternary nitrogens is 1. The zero-order chi connectivity index (χ0) is 17.3. The van der Waals surface area contributed by atoms with Gasteiger partial charge in [0, 0.05) is 5.56 Å². The highest BCUT2D eigenvalue weighted by molar-refractivity contribution is 6.05. The summed E-state index contributed by atoms with van der Waals surface area (Å²) < 4.78 is 0.117. The Hall–Kier alpha value is -2.32. The number of rotatable bonds is 6. The fourth-order valence-electron chi connectivity index (χ4n) is 2.25. The first-order valence-corrected chi connectivity index (χ1v) is 6.40. The molecule has 0 heterocycles. The number of benzene rings is 1. The van der Waals surface area contributed by atoms with Crippen molar-refractivity contribution in [3.8, 4) is 17.2 Å². The lowest BCUT2D eigenvalue weighted by Crippen LogP contribution is -2.54. The molecule has 0 aliphatic carbocycles. The molecular formula is C14H20NO7+. The Balaban J connectivity index is 3.31. The van der Waals surface area contributed by atoms with E-state index in [2.05, 4.69) is 0 Å². The van der Waals surface area contributed by atoms with Crippen LogP contribution in [0, 0.1) is 0 Å². The van der Waals surface area contributed by atoms with E-state index in [1.807, 2.05) is 0 Å². The van der Waals surface area contributed by atoms with Crippen LogP contribution in [-0.4, -0.2) is 75.1 Å². The number of Topliss-reactive ketones (excluding diaryl/α,β-unsaturated/α-hetero) is 1. The van der Waals surface area contributed by atoms with Crippen LogP contribution >= 0.6 is 0 Å². The van der Waals surface area contributed by atoms with E-state index in [1.165, 1.54) is 0 Å². The molecule has 0 aliphatic rings. The third-order valence-corrected chi connectivity index (χ3v) is 2.93. The van der Waals surface area contributed by atoms with Crippen molar-refractivity contribution in [2.45, 2.75) is 12.0 Å². The van der Waals surface area contributed by atoms with Crippen LogP contribution in [0.25, 0.3) is 0 Å². The number of ketones is 1. The molecule has 0 spiro atoms. The second-order valence-corrected chi connectivity index (χ2v) is 6.24. The van der Waals surface area contributed by atoms with E-state index in [9.17, 15) is 30.0 Å². The molecule has 1 atom stereocenters. The first-order valence-electron chi connectivity index (χ1n) is 6.40. The summed E-state index contributed by atoms with van der Waals surface area (Å²) in [6.07, 6.45) is -0.830. The summed E-state index contributed by atoms with van der Waals surface area (Å²) in [7, 11) is 5.02. The van der Waals surface area contributed by atoms with Crippen LogP contribution in [0.3, 0.4) is 0 Å². The van der Waals surface area contributed by atoms with E-state index in [-0.39, 0.29) is 16.6 Å². The van der Waals surface area contributed by atoms with Gasteiger partial charge in [-0.1, -0.05) is 0 Å². The van der Waals surface area contributed by atoms with Gasteiger partial charge in [-0.3, -0.25) is 9.59 Å². The molecule has 1 aromatic rings. The van der Waals surface area contributed by atoms with E-state index >= 15 is 0 Å². The number of nitrogens with zero attached hydrogens (tertiary/aromatic N) is 1. The number of carbonyl (C=O) groups excluding carboxylic acids is 1. The quantitative estimate of drug-likeness (QED) is 0.281. The maximum atomic E-state index is 12.5. The Kier molecular flexibility index (Phi) is 4.69. The van der Waals surface area contributed by atoms with Gasteiger partial charge in [-0.25, -0.2) is 0 Å². The zero-order valence-corrected chi connectivity index (χ0v) is 12.6. The Morgan fingerprint density at radius 1 is 1.09 bits per heavy atom. The predicted octanol–water partition coefficient (Wildman–Crippen LogP) is -0.102. The lowest BCUT2D eigenvalue weighted by atomic mass is 9.88. The molecule has 1 rings (SSSR count). The van der Waals surface area contributed by atoms with Crippen molar-refractivity contribution in [3.05, 3.63) is 17.7 Å². The van der Waals surface area contributed by atoms with Crippen LogP contribution in [-0.2, 0) is 4.79 Å². The fourth-order valence-corrected chi connectivity index (χ4v) is 2.25. The van der Waals surface area contributed by atoms with E-state index < -0.39 is 41.0 Å². The maximum Gasteiger partial charge on any atom is 0.307 e. The van der Waals surface area contributed by atoms with Crippen molar-refractivity contribution in [1.29, 1.82) is 0 Å². The molecule has 1 unspecified atom stereocenters. The second-order valence-electron chi connectivity index (χ2n) is 6.24. The normalized spacial score (nSPS) is 14.4. The molecule has 8 heteroatoms. The van der Waals surface area contributed by atoms with Gasteiger partial charge in [-0.05, 0) is 12.1 Å². The Morgan fingerprint density at radius 2 is 1.55 bits per heavy atom. The Bertz CT molecular complexity index is 583. The van der Waals surface area contributed by atoms with Crippen molar-refractivity contribution in [2.75, 3.05) is 27.7 Å². The number of hydrogen-bond acceptors (Lipinski definition) is 6. The topological polar surface area (TPSA) is 135 Å². The van der Waals surface area contributed by atoms with E-state index in [4.69, 9.17) is 5.11 Å². The van der Waals surface area contributed by atoms with Gasteiger partial charge in [0.05, 0.1) is 27.6 Å². The summed E-state index contributed by atoms with van der Waals surface area (Å²) in [6, 6.07) is 1.72. The van der Waals surface area contributed by atoms with Gasteiger partial charge in [0.15, 0.2) is 22.8 Å². The monoisotopic (exact) mass is 314 g/mol. The number of phenols is 3. The summed E-state index contributed by atoms with van der Waals surface area (Å²) in [4.78, 5) is 23.4. The Morgan fingerprint density at radius 3 is 1.91 bits per heavy atom. The number of aliphatic hydroxyl groups is 1. The summed E-state index contributed by atoms with van der Waals surface area (Å²) in [5.41, 5.74) is -2.52. The van der Waals surface area contributed by atoms with Crippen molar-refractivity contribution in [1.82, 2.24) is 0 Å². The van der Waals surface area contributed by atoms with E-state index in [0.29, 0.717) is 0 Å². The highest BCUT2D eigenvalue weighted by Gasteiger charge is 2.44. The molecule has 0 fully saturated rings. The first-order chi connectivity index (χ1) is 9.85. The molecular weight excluding hydrogens is 294 g/mol. The number of likely N-dealkylation sites (N-methyl/N-ethyl adjacent to an activating group) is 1. The van der Waals surface area contributed by atoms with Crippen LogP contribution in [0.15, 0.2) is 12.1 Å². The number of hydrogen-bond donors (Lipinski definition) is 5. The van der Waals surface area contributed by atoms with Crippen LogP contribution in [0.1, 0.15) is 16.8 Å². The molecule has 0 amide bonds. The molecule has 0 bridgehead atoms. The molecule has 8 nitrogen and oxygen atoms in total. The summed E-state index contributed by atoms with van der Waals surface area (Å²) in [5, 5.41) is 47.6. The summed E-state index contributed by atoms with van der Waals surface area (Å²) >= 11 is 0. The van der Waals surface area contributed by atoms with Crippen molar-refractivity contribution in [3.63, 3.8) is 0 Å². The van der Waals surface area contributed by atoms with Crippen molar-refractivity contribution < 1.29 is 39.6 Å². The molecule has 22 heavy (non-hydrogen) atoms. The lowest BCUT2D eigenvalue weighted by molar-refractivity contribution is -0.875. The first kappa shape index (κ1) is 17.7. The highest BCUT2D eigenvalue weighted by Crippen LogP contribution is 2.36. The smallest absolute Gasteiger partial charge is 0.307 e. The SMILES string of the molecule is C[N+](C)(C)CC(O)(CC(=O)O)C(=O)c1cc(O)c(O)c(O)c1. The Labute approximate surface area is 127 Å². The van der Waals surface area contributed by atoms with E-state index in [1.54, 1.807) is 21.1 Å². The highest BCUT2D eigenvalue weighted by atomic mass is 16.4.